The van der Waals surface area contributed by atoms with Gasteiger partial charge in [0.2, 0.25) is 0 Å². The summed E-state index contributed by atoms with van der Waals surface area (Å²) >= 11 is 7.39. The zero-order chi connectivity index (χ0) is 9.26. The Hall–Kier alpha value is -0.380. The molecule has 0 saturated carbocycles. The molecule has 0 aliphatic carbocycles. The van der Waals surface area contributed by atoms with Crippen molar-refractivity contribution in [2.75, 3.05) is 13.1 Å². The van der Waals surface area contributed by atoms with E-state index in [-0.39, 0.29) is 0 Å². The minimum atomic E-state index is 0.765. The normalized spacial score (nSPS) is 18.0. The van der Waals surface area contributed by atoms with Gasteiger partial charge in [-0.3, -0.25) is 0 Å². The van der Waals surface area contributed by atoms with Gasteiger partial charge in [-0.1, -0.05) is 17.2 Å². The summed E-state index contributed by atoms with van der Waals surface area (Å²) in [6, 6.07) is 0. The van der Waals surface area contributed by atoms with Gasteiger partial charge in [-0.2, -0.15) is 0 Å². The molecule has 1 aromatic rings. The van der Waals surface area contributed by atoms with Crippen molar-refractivity contribution in [1.82, 2.24) is 10.3 Å². The maximum atomic E-state index is 5.84. The number of hydrogen-bond donors (Lipinski definition) is 1. The van der Waals surface area contributed by atoms with E-state index >= 15 is 0 Å². The van der Waals surface area contributed by atoms with Crippen molar-refractivity contribution in [2.24, 2.45) is 0 Å². The van der Waals surface area contributed by atoms with Gasteiger partial charge >= 0.3 is 0 Å². The summed E-state index contributed by atoms with van der Waals surface area (Å²) in [5.41, 5.74) is 2.76. The molecule has 4 heteroatoms. The molecule has 1 N–H and O–H groups in total. The van der Waals surface area contributed by atoms with Crippen molar-refractivity contribution in [3.8, 4) is 0 Å². The summed E-state index contributed by atoms with van der Waals surface area (Å²) in [6.07, 6.45) is 2.84. The number of thiazole rings is 1. The van der Waals surface area contributed by atoms with Crippen LogP contribution in [-0.4, -0.2) is 18.1 Å². The fourth-order valence-corrected chi connectivity index (χ4v) is 2.48. The molecule has 1 aliphatic heterocycles. The first-order valence-corrected chi connectivity index (χ1v) is 5.48. The molecule has 0 radical (unpaired) electrons. The summed E-state index contributed by atoms with van der Waals surface area (Å²) < 4.78 is 0.765. The summed E-state index contributed by atoms with van der Waals surface area (Å²) in [4.78, 5) is 4.28. The highest BCUT2D eigenvalue weighted by molar-refractivity contribution is 7.16. The monoisotopic (exact) mass is 214 g/mol. The summed E-state index contributed by atoms with van der Waals surface area (Å²) in [5, 5.41) is 4.40. The minimum Gasteiger partial charge on any atom is -0.312 e. The highest BCUT2D eigenvalue weighted by Gasteiger charge is 2.13. The smallest absolute Gasteiger partial charge is 0.121 e. The molecule has 0 bridgehead atoms. The van der Waals surface area contributed by atoms with Gasteiger partial charge in [-0.05, 0) is 19.9 Å². The van der Waals surface area contributed by atoms with Crippen molar-refractivity contribution < 1.29 is 0 Å². The standard InChI is InChI=1S/C9H11ClN2S/c1-6-2-3-11-4-7(6)9-12-5-8(10)13-9/h5,11H,2-4H2,1H3. The van der Waals surface area contributed by atoms with Crippen LogP contribution in [0.25, 0.3) is 5.57 Å². The first kappa shape index (κ1) is 9.19. The molecule has 0 aromatic carbocycles. The van der Waals surface area contributed by atoms with E-state index in [4.69, 9.17) is 11.6 Å². The fourth-order valence-electron chi connectivity index (χ4n) is 1.44. The summed E-state index contributed by atoms with van der Waals surface area (Å²) in [5.74, 6) is 0. The SMILES string of the molecule is CC1=C(c2ncc(Cl)s2)CNCC1. The van der Waals surface area contributed by atoms with Gasteiger partial charge in [0, 0.05) is 12.1 Å². The van der Waals surface area contributed by atoms with Gasteiger partial charge in [0.1, 0.15) is 9.34 Å². The number of rotatable bonds is 1. The third-order valence-electron chi connectivity index (χ3n) is 2.23. The molecule has 0 amide bonds. The molecule has 70 valence electrons. The molecular weight excluding hydrogens is 204 g/mol. The third-order valence-corrected chi connectivity index (χ3v) is 3.40. The zero-order valence-electron chi connectivity index (χ0n) is 7.43. The fraction of sp³-hybridized carbons (Fsp3) is 0.444. The van der Waals surface area contributed by atoms with Gasteiger partial charge in [0.15, 0.2) is 0 Å². The number of nitrogens with one attached hydrogen (secondary N) is 1. The highest BCUT2D eigenvalue weighted by atomic mass is 35.5. The van der Waals surface area contributed by atoms with E-state index in [2.05, 4.69) is 17.2 Å². The number of halogens is 1. The van der Waals surface area contributed by atoms with Crippen molar-refractivity contribution in [3.05, 3.63) is 21.1 Å². The predicted octanol–water partition coefficient (Wildman–Crippen LogP) is 2.56. The lowest BCUT2D eigenvalue weighted by atomic mass is 10.0. The Bertz CT molecular complexity index is 343. The van der Waals surface area contributed by atoms with Crippen LogP contribution in [0.5, 0.6) is 0 Å². The largest absolute Gasteiger partial charge is 0.312 e. The lowest BCUT2D eigenvalue weighted by molar-refractivity contribution is 0.715. The first-order valence-electron chi connectivity index (χ1n) is 4.28. The molecule has 0 atom stereocenters. The highest BCUT2D eigenvalue weighted by Crippen LogP contribution is 2.28. The minimum absolute atomic E-state index is 0.765. The van der Waals surface area contributed by atoms with Gasteiger partial charge in [0.25, 0.3) is 0 Å². The van der Waals surface area contributed by atoms with E-state index in [1.807, 2.05) is 0 Å². The Morgan fingerprint density at radius 2 is 2.46 bits per heavy atom. The molecule has 2 rings (SSSR count). The Morgan fingerprint density at radius 3 is 3.08 bits per heavy atom. The van der Waals surface area contributed by atoms with Crippen LogP contribution in [0.2, 0.25) is 4.34 Å². The van der Waals surface area contributed by atoms with Crippen LogP contribution in [0, 0.1) is 0 Å². The molecule has 2 heterocycles. The van der Waals surface area contributed by atoms with Crippen LogP contribution in [0.4, 0.5) is 0 Å². The molecule has 13 heavy (non-hydrogen) atoms. The molecule has 0 fully saturated rings. The molecular formula is C9H11ClN2S. The summed E-state index contributed by atoms with van der Waals surface area (Å²) in [7, 11) is 0. The lowest BCUT2D eigenvalue weighted by Gasteiger charge is -2.16. The van der Waals surface area contributed by atoms with Crippen LogP contribution in [0.1, 0.15) is 18.4 Å². The molecule has 2 nitrogen and oxygen atoms in total. The second-order valence-electron chi connectivity index (χ2n) is 3.16. The van der Waals surface area contributed by atoms with E-state index in [1.54, 1.807) is 17.5 Å². The summed E-state index contributed by atoms with van der Waals surface area (Å²) in [6.45, 7) is 4.18. The van der Waals surface area contributed by atoms with Gasteiger partial charge in [-0.25, -0.2) is 4.98 Å². The van der Waals surface area contributed by atoms with Gasteiger partial charge in [-0.15, -0.1) is 11.3 Å². The number of aromatic nitrogens is 1. The maximum Gasteiger partial charge on any atom is 0.121 e. The molecule has 0 spiro atoms. The van der Waals surface area contributed by atoms with Crippen LogP contribution < -0.4 is 5.32 Å². The quantitative estimate of drug-likeness (QED) is 0.778. The van der Waals surface area contributed by atoms with E-state index in [0.29, 0.717) is 0 Å². The van der Waals surface area contributed by atoms with E-state index < -0.39 is 0 Å². The molecule has 0 unspecified atom stereocenters. The average Bonchev–Trinajstić information content (AvgIpc) is 2.53. The van der Waals surface area contributed by atoms with Crippen LogP contribution in [-0.2, 0) is 0 Å². The Balaban J connectivity index is 2.34. The second-order valence-corrected chi connectivity index (χ2v) is 4.82. The van der Waals surface area contributed by atoms with Crippen LogP contribution in [0.15, 0.2) is 11.8 Å². The number of nitrogens with zero attached hydrogens (tertiary/aromatic N) is 1. The average molecular weight is 215 g/mol. The van der Waals surface area contributed by atoms with Crippen molar-refractivity contribution >= 4 is 28.5 Å². The topological polar surface area (TPSA) is 24.9 Å². The third kappa shape index (κ3) is 1.93. The molecule has 0 saturated heterocycles. The van der Waals surface area contributed by atoms with Crippen molar-refractivity contribution in [1.29, 1.82) is 0 Å². The van der Waals surface area contributed by atoms with Crippen LogP contribution >= 0.6 is 22.9 Å². The Labute approximate surface area is 86.6 Å². The maximum absolute atomic E-state index is 5.84. The predicted molar refractivity (Wildman–Crippen MR) is 57.2 cm³/mol. The second kappa shape index (κ2) is 3.78. The van der Waals surface area contributed by atoms with Crippen molar-refractivity contribution in [2.45, 2.75) is 13.3 Å². The van der Waals surface area contributed by atoms with E-state index in [1.165, 1.54) is 11.1 Å². The first-order chi connectivity index (χ1) is 6.27. The van der Waals surface area contributed by atoms with E-state index in [0.717, 1.165) is 28.9 Å². The molecule has 1 aliphatic rings. The van der Waals surface area contributed by atoms with Crippen molar-refractivity contribution in [3.63, 3.8) is 0 Å². The van der Waals surface area contributed by atoms with Crippen LogP contribution in [0.3, 0.4) is 0 Å². The Morgan fingerprint density at radius 1 is 1.62 bits per heavy atom. The molecule has 1 aromatic heterocycles. The number of hydrogen-bond acceptors (Lipinski definition) is 3. The lowest BCUT2D eigenvalue weighted by Crippen LogP contribution is -2.23. The van der Waals surface area contributed by atoms with Gasteiger partial charge < -0.3 is 5.32 Å². The zero-order valence-corrected chi connectivity index (χ0v) is 9.00. The van der Waals surface area contributed by atoms with E-state index in [9.17, 15) is 0 Å². The Kier molecular flexibility index (Phi) is 2.67. The van der Waals surface area contributed by atoms with Gasteiger partial charge in [0.05, 0.1) is 6.20 Å².